The van der Waals surface area contributed by atoms with Crippen molar-refractivity contribution in [3.8, 4) is 0 Å². The molecule has 0 fully saturated rings. The Bertz CT molecular complexity index is 176. The van der Waals surface area contributed by atoms with Gasteiger partial charge in [0.2, 0.25) is 0 Å². The molecule has 0 saturated heterocycles. The maximum absolute atomic E-state index is 2.51. The number of rotatable bonds is 1. The Labute approximate surface area is 103 Å². The largest absolute Gasteiger partial charge is 0.0628 e. The minimum atomic E-state index is -1.17. The van der Waals surface area contributed by atoms with Crippen molar-refractivity contribution in [2.24, 2.45) is 0 Å². The van der Waals surface area contributed by atoms with Crippen molar-refractivity contribution in [2.75, 3.05) is 0 Å². The molecule has 92 valence electrons. The molecular weight excluding hydrogens is 228 g/mol. The Hall–Kier alpha value is 0.651. The van der Waals surface area contributed by atoms with Crippen LogP contribution in [0.15, 0.2) is 0 Å². The van der Waals surface area contributed by atoms with E-state index in [1.165, 1.54) is 9.76 Å². The summed E-state index contributed by atoms with van der Waals surface area (Å²) in [5.74, 6) is 0. The van der Waals surface area contributed by atoms with Crippen LogP contribution >= 0.6 is 0 Å². The van der Waals surface area contributed by atoms with Gasteiger partial charge >= 0.3 is 0 Å². The van der Waals surface area contributed by atoms with Crippen LogP contribution in [0.25, 0.3) is 0 Å². The summed E-state index contributed by atoms with van der Waals surface area (Å²) in [4.78, 5) is 0. The summed E-state index contributed by atoms with van der Waals surface area (Å²) in [5.41, 5.74) is 0. The van der Waals surface area contributed by atoms with Gasteiger partial charge in [0.25, 0.3) is 0 Å². The molecule has 0 aliphatic carbocycles. The highest BCUT2D eigenvalue weighted by molar-refractivity contribution is 7.42. The SMILES string of the molecule is CC(C)(C)[Si]([SiH2][SiH3])(C(C)(C)C)C(C)(C)C. The van der Waals surface area contributed by atoms with Crippen LogP contribution < -0.4 is 0 Å². The van der Waals surface area contributed by atoms with Crippen molar-refractivity contribution in [1.29, 1.82) is 0 Å². The smallest absolute Gasteiger partial charge is 0.0526 e. The average Bonchev–Trinajstić information content (AvgIpc) is 1.76. The fraction of sp³-hybridized carbons (Fsp3) is 1.00. The second kappa shape index (κ2) is 4.15. The monoisotopic (exact) mass is 260 g/mol. The van der Waals surface area contributed by atoms with Gasteiger partial charge in [-0.3, -0.25) is 0 Å². The van der Waals surface area contributed by atoms with Gasteiger partial charge in [-0.15, -0.1) is 0 Å². The maximum atomic E-state index is 2.51. The predicted octanol–water partition coefficient (Wildman–Crippen LogP) is 2.78. The second-order valence-electron chi connectivity index (χ2n) is 8.01. The molecule has 0 aromatic heterocycles. The van der Waals surface area contributed by atoms with Crippen molar-refractivity contribution < 1.29 is 0 Å². The molecule has 0 amide bonds. The van der Waals surface area contributed by atoms with Crippen LogP contribution in [0.2, 0.25) is 15.1 Å². The molecule has 0 rings (SSSR count). The zero-order valence-corrected chi connectivity index (χ0v) is 17.1. The van der Waals surface area contributed by atoms with E-state index in [0.29, 0.717) is 15.1 Å². The minimum Gasteiger partial charge on any atom is -0.0628 e. The van der Waals surface area contributed by atoms with E-state index >= 15 is 0 Å². The summed E-state index contributed by atoms with van der Waals surface area (Å²) >= 11 is 0. The average molecular weight is 261 g/mol. The third-order valence-electron chi connectivity index (χ3n) is 4.37. The van der Waals surface area contributed by atoms with E-state index in [9.17, 15) is 0 Å². The Morgan fingerprint density at radius 1 is 0.667 bits per heavy atom. The lowest BCUT2D eigenvalue weighted by atomic mass is 10.2. The lowest BCUT2D eigenvalue weighted by Gasteiger charge is -2.59. The predicted molar refractivity (Wildman–Crippen MR) is 83.4 cm³/mol. The molecule has 0 aliphatic rings. The van der Waals surface area contributed by atoms with Crippen molar-refractivity contribution in [2.45, 2.75) is 77.4 Å². The molecule has 15 heavy (non-hydrogen) atoms. The molecule has 3 heteroatoms. The van der Waals surface area contributed by atoms with Gasteiger partial charge in [-0.2, -0.15) is 0 Å². The van der Waals surface area contributed by atoms with Crippen LogP contribution in [0.4, 0.5) is 0 Å². The fourth-order valence-corrected chi connectivity index (χ4v) is 53.1. The summed E-state index contributed by atoms with van der Waals surface area (Å²) in [6.07, 6.45) is 0. The highest BCUT2D eigenvalue weighted by atomic mass is 29.5. The molecular formula is C12H32Si3. The molecule has 0 aromatic carbocycles. The van der Waals surface area contributed by atoms with Gasteiger partial charge in [0, 0.05) is 8.55 Å². The molecule has 0 spiro atoms. The Kier molecular flexibility index (Phi) is 4.33. The van der Waals surface area contributed by atoms with E-state index < -0.39 is 7.59 Å². The lowest BCUT2D eigenvalue weighted by Crippen LogP contribution is -2.63. The molecule has 0 unspecified atom stereocenters. The second-order valence-corrected chi connectivity index (χ2v) is 26.7. The van der Waals surface area contributed by atoms with Crippen LogP contribution in [0.3, 0.4) is 0 Å². The molecule has 0 aromatic rings. The van der Waals surface area contributed by atoms with Gasteiger partial charge in [-0.05, 0) is 24.9 Å². The first-order valence-corrected chi connectivity index (χ1v) is 16.3. The Morgan fingerprint density at radius 3 is 0.867 bits per heavy atom. The van der Waals surface area contributed by atoms with E-state index in [4.69, 9.17) is 0 Å². The zero-order chi connectivity index (χ0) is 12.7. The minimum absolute atomic E-state index is 0.186. The maximum Gasteiger partial charge on any atom is 0.0526 e. The summed E-state index contributed by atoms with van der Waals surface area (Å²) < 4.78 is 0. The Balaban J connectivity index is 5.78. The fourth-order valence-electron chi connectivity index (χ4n) is 4.97. The molecule has 0 saturated carbocycles. The molecule has 0 nitrogen and oxygen atoms in total. The molecule has 0 heterocycles. The topological polar surface area (TPSA) is 0 Å². The highest BCUT2D eigenvalue weighted by Crippen LogP contribution is 2.60. The number of hydrogen-bond acceptors (Lipinski definition) is 0. The summed E-state index contributed by atoms with van der Waals surface area (Å²) in [7, 11) is 0.502. The Morgan fingerprint density at radius 2 is 0.867 bits per heavy atom. The molecule has 0 N–H and O–H groups in total. The molecule has 0 aliphatic heterocycles. The highest BCUT2D eigenvalue weighted by Gasteiger charge is 2.57. The van der Waals surface area contributed by atoms with Crippen LogP contribution in [0, 0.1) is 0 Å². The van der Waals surface area contributed by atoms with Gasteiger partial charge in [-0.1, -0.05) is 62.3 Å². The zero-order valence-electron chi connectivity index (χ0n) is 12.7. The van der Waals surface area contributed by atoms with E-state index in [-0.39, 0.29) is 8.55 Å². The van der Waals surface area contributed by atoms with Crippen molar-refractivity contribution >= 4 is 25.9 Å². The first-order valence-electron chi connectivity index (χ1n) is 6.31. The molecule has 0 atom stereocenters. The summed E-state index contributed by atoms with van der Waals surface area (Å²) in [6.45, 7) is 22.6. The first-order chi connectivity index (χ1) is 6.31. The number of hydrogen-bond donors (Lipinski definition) is 0. The van der Waals surface area contributed by atoms with E-state index in [2.05, 4.69) is 62.3 Å². The van der Waals surface area contributed by atoms with E-state index in [0.717, 1.165) is 0 Å². The van der Waals surface area contributed by atoms with Crippen LogP contribution in [0.5, 0.6) is 0 Å². The molecule has 0 bridgehead atoms. The van der Waals surface area contributed by atoms with Crippen LogP contribution in [-0.2, 0) is 0 Å². The van der Waals surface area contributed by atoms with E-state index in [1.54, 1.807) is 0 Å². The van der Waals surface area contributed by atoms with Crippen molar-refractivity contribution in [3.05, 3.63) is 0 Å². The third kappa shape index (κ3) is 2.50. The summed E-state index contributed by atoms with van der Waals surface area (Å²) in [6, 6.07) is 0. The van der Waals surface area contributed by atoms with Crippen molar-refractivity contribution in [1.82, 2.24) is 0 Å². The quantitative estimate of drug-likeness (QED) is 0.636. The van der Waals surface area contributed by atoms with Gasteiger partial charge < -0.3 is 0 Å². The first kappa shape index (κ1) is 15.7. The van der Waals surface area contributed by atoms with Gasteiger partial charge in [-0.25, -0.2) is 0 Å². The van der Waals surface area contributed by atoms with Gasteiger partial charge in [0.1, 0.15) is 0 Å². The van der Waals surface area contributed by atoms with Gasteiger partial charge in [0.05, 0.1) is 7.59 Å². The standard InChI is InChI=1S/C12H32Si3/c1-10(2,3)15(14-13,11(4,5)6)12(7,8)9/h14H2,1-9,13H3. The van der Waals surface area contributed by atoms with Crippen LogP contribution in [0.1, 0.15) is 62.3 Å². The summed E-state index contributed by atoms with van der Waals surface area (Å²) in [5, 5.41) is 1.70. The van der Waals surface area contributed by atoms with E-state index in [1.807, 2.05) is 0 Å². The third-order valence-corrected chi connectivity index (χ3v) is 35.4. The van der Waals surface area contributed by atoms with Crippen LogP contribution in [-0.4, -0.2) is 25.9 Å². The normalized spacial score (nSPS) is 16.6. The lowest BCUT2D eigenvalue weighted by molar-refractivity contribution is 0.556. The van der Waals surface area contributed by atoms with Crippen molar-refractivity contribution in [3.63, 3.8) is 0 Å². The van der Waals surface area contributed by atoms with Gasteiger partial charge in [0.15, 0.2) is 0 Å². The molecule has 0 radical (unpaired) electrons.